The quantitative estimate of drug-likeness (QED) is 0.815. The molecule has 1 rings (SSSR count). The van der Waals surface area contributed by atoms with Crippen molar-refractivity contribution in [3.8, 4) is 0 Å². The maximum atomic E-state index is 12.1. The molecule has 0 aromatic carbocycles. The smallest absolute Gasteiger partial charge is 0.257 e. The summed E-state index contributed by atoms with van der Waals surface area (Å²) in [6.45, 7) is 4.57. The summed E-state index contributed by atoms with van der Waals surface area (Å²) < 4.78 is 25.5. The topological polar surface area (TPSA) is 38.0 Å². The van der Waals surface area contributed by atoms with Crippen molar-refractivity contribution >= 4 is 0 Å². The molecular formula is C9H14F2N2O. The van der Waals surface area contributed by atoms with Gasteiger partial charge in [0.1, 0.15) is 6.54 Å². The Morgan fingerprint density at radius 2 is 2.00 bits per heavy atom. The van der Waals surface area contributed by atoms with Gasteiger partial charge in [0.2, 0.25) is 0 Å². The summed E-state index contributed by atoms with van der Waals surface area (Å²) in [7, 11) is 0. The lowest BCUT2D eigenvalue weighted by atomic mass is 10.1. The minimum Gasteiger partial charge on any atom is -0.389 e. The van der Waals surface area contributed by atoms with E-state index >= 15 is 0 Å². The van der Waals surface area contributed by atoms with Gasteiger partial charge < -0.3 is 5.11 Å². The molecule has 0 saturated carbocycles. The molecule has 0 aliphatic heterocycles. The molecule has 1 N–H and O–H groups in total. The molecule has 5 heteroatoms. The van der Waals surface area contributed by atoms with Gasteiger partial charge in [-0.05, 0) is 20.8 Å². The van der Waals surface area contributed by atoms with Crippen LogP contribution < -0.4 is 0 Å². The standard InChI is InChI=1S/C9H14F2N2O/c1-5-9(7(3)14)6(2)13(12-5)4-8(10)11/h7-8,14H,4H2,1-3H3. The highest BCUT2D eigenvalue weighted by Gasteiger charge is 2.17. The molecule has 3 nitrogen and oxygen atoms in total. The van der Waals surface area contributed by atoms with E-state index in [1.807, 2.05) is 0 Å². The Hall–Kier alpha value is -0.970. The predicted octanol–water partition coefficient (Wildman–Crippen LogP) is 1.82. The lowest BCUT2D eigenvalue weighted by molar-refractivity contribution is 0.120. The summed E-state index contributed by atoms with van der Waals surface area (Å²) in [6, 6.07) is 0. The molecule has 0 fully saturated rings. The SMILES string of the molecule is Cc1nn(CC(F)F)c(C)c1C(C)O. The van der Waals surface area contributed by atoms with Gasteiger partial charge >= 0.3 is 0 Å². The highest BCUT2D eigenvalue weighted by atomic mass is 19.3. The molecule has 0 aliphatic rings. The van der Waals surface area contributed by atoms with Crippen molar-refractivity contribution in [3.05, 3.63) is 17.0 Å². The summed E-state index contributed by atoms with van der Waals surface area (Å²) in [5.74, 6) is 0. The van der Waals surface area contributed by atoms with Crippen molar-refractivity contribution in [2.75, 3.05) is 0 Å². The Bertz CT molecular complexity index is 321. The van der Waals surface area contributed by atoms with Crippen LogP contribution in [0, 0.1) is 13.8 Å². The second kappa shape index (κ2) is 4.04. The number of hydrogen-bond donors (Lipinski definition) is 1. The van der Waals surface area contributed by atoms with Crippen LogP contribution in [-0.2, 0) is 6.54 Å². The first-order valence-electron chi connectivity index (χ1n) is 4.43. The van der Waals surface area contributed by atoms with Crippen molar-refractivity contribution in [2.45, 2.75) is 39.8 Å². The molecule has 1 atom stereocenters. The molecule has 80 valence electrons. The summed E-state index contributed by atoms with van der Waals surface area (Å²) in [5.41, 5.74) is 1.86. The van der Waals surface area contributed by atoms with Crippen molar-refractivity contribution < 1.29 is 13.9 Å². The third kappa shape index (κ3) is 2.09. The molecule has 0 amide bonds. The first-order chi connectivity index (χ1) is 6.43. The molecule has 1 heterocycles. The molecule has 0 spiro atoms. The molecule has 0 radical (unpaired) electrons. The first-order valence-corrected chi connectivity index (χ1v) is 4.43. The Labute approximate surface area is 81.4 Å². The summed E-state index contributed by atoms with van der Waals surface area (Å²) in [4.78, 5) is 0. The van der Waals surface area contributed by atoms with Crippen LogP contribution in [-0.4, -0.2) is 21.3 Å². The molecule has 1 aromatic heterocycles. The number of alkyl halides is 2. The fourth-order valence-corrected chi connectivity index (χ4v) is 1.62. The second-order valence-corrected chi connectivity index (χ2v) is 3.33. The Morgan fingerprint density at radius 3 is 2.36 bits per heavy atom. The Balaban J connectivity index is 3.04. The molecule has 1 aromatic rings. The van der Waals surface area contributed by atoms with Gasteiger partial charge in [0.25, 0.3) is 6.43 Å². The van der Waals surface area contributed by atoms with E-state index in [4.69, 9.17) is 0 Å². The number of rotatable bonds is 3. The first kappa shape index (κ1) is 11.1. The predicted molar refractivity (Wildman–Crippen MR) is 48.3 cm³/mol. The molecule has 0 aliphatic carbocycles. The van der Waals surface area contributed by atoms with E-state index < -0.39 is 19.1 Å². The Morgan fingerprint density at radius 1 is 1.43 bits per heavy atom. The average molecular weight is 204 g/mol. The zero-order chi connectivity index (χ0) is 10.9. The van der Waals surface area contributed by atoms with E-state index in [0.29, 0.717) is 17.0 Å². The zero-order valence-corrected chi connectivity index (χ0v) is 8.46. The van der Waals surface area contributed by atoms with Gasteiger partial charge in [-0.1, -0.05) is 0 Å². The van der Waals surface area contributed by atoms with E-state index in [0.717, 1.165) is 0 Å². The minimum absolute atomic E-state index is 0.417. The lowest BCUT2D eigenvalue weighted by Gasteiger charge is -2.06. The summed E-state index contributed by atoms with van der Waals surface area (Å²) in [5, 5.41) is 13.3. The summed E-state index contributed by atoms with van der Waals surface area (Å²) in [6.07, 6.45) is -3.09. The molecule has 0 bridgehead atoms. The number of hydrogen-bond acceptors (Lipinski definition) is 2. The number of aliphatic hydroxyl groups excluding tert-OH is 1. The van der Waals surface area contributed by atoms with E-state index in [1.165, 1.54) is 4.68 Å². The van der Waals surface area contributed by atoms with Gasteiger partial charge in [0.15, 0.2) is 0 Å². The van der Waals surface area contributed by atoms with Gasteiger partial charge in [-0.3, -0.25) is 4.68 Å². The number of aryl methyl sites for hydroxylation is 1. The monoisotopic (exact) mass is 204 g/mol. The maximum Gasteiger partial charge on any atom is 0.257 e. The minimum atomic E-state index is -2.42. The third-order valence-corrected chi connectivity index (χ3v) is 2.17. The van der Waals surface area contributed by atoms with E-state index in [-0.39, 0.29) is 0 Å². The fourth-order valence-electron chi connectivity index (χ4n) is 1.62. The molecular weight excluding hydrogens is 190 g/mol. The largest absolute Gasteiger partial charge is 0.389 e. The average Bonchev–Trinajstić information content (AvgIpc) is 2.25. The van der Waals surface area contributed by atoms with Gasteiger partial charge in [-0.15, -0.1) is 0 Å². The summed E-state index contributed by atoms with van der Waals surface area (Å²) >= 11 is 0. The van der Waals surface area contributed by atoms with Gasteiger partial charge in [0.05, 0.1) is 11.8 Å². The van der Waals surface area contributed by atoms with Crippen LogP contribution in [0.1, 0.15) is 30.0 Å². The van der Waals surface area contributed by atoms with Gasteiger partial charge in [0, 0.05) is 11.3 Å². The number of halogens is 2. The number of aliphatic hydroxyl groups is 1. The van der Waals surface area contributed by atoms with Crippen molar-refractivity contribution in [3.63, 3.8) is 0 Å². The maximum absolute atomic E-state index is 12.1. The highest BCUT2D eigenvalue weighted by molar-refractivity contribution is 5.26. The van der Waals surface area contributed by atoms with Crippen LogP contribution in [0.3, 0.4) is 0 Å². The second-order valence-electron chi connectivity index (χ2n) is 3.33. The van der Waals surface area contributed by atoms with Crippen molar-refractivity contribution in [2.24, 2.45) is 0 Å². The van der Waals surface area contributed by atoms with Crippen LogP contribution in [0.4, 0.5) is 8.78 Å². The van der Waals surface area contributed by atoms with Crippen LogP contribution >= 0.6 is 0 Å². The fraction of sp³-hybridized carbons (Fsp3) is 0.667. The van der Waals surface area contributed by atoms with E-state index in [2.05, 4.69) is 5.10 Å². The van der Waals surface area contributed by atoms with Crippen molar-refractivity contribution in [1.82, 2.24) is 9.78 Å². The van der Waals surface area contributed by atoms with Crippen molar-refractivity contribution in [1.29, 1.82) is 0 Å². The van der Waals surface area contributed by atoms with Crippen LogP contribution in [0.2, 0.25) is 0 Å². The van der Waals surface area contributed by atoms with E-state index in [1.54, 1.807) is 20.8 Å². The Kier molecular flexibility index (Phi) is 3.21. The lowest BCUT2D eigenvalue weighted by Crippen LogP contribution is -2.10. The van der Waals surface area contributed by atoms with E-state index in [9.17, 15) is 13.9 Å². The van der Waals surface area contributed by atoms with Crippen LogP contribution in [0.15, 0.2) is 0 Å². The normalized spacial score (nSPS) is 13.6. The van der Waals surface area contributed by atoms with Gasteiger partial charge in [-0.2, -0.15) is 5.10 Å². The highest BCUT2D eigenvalue weighted by Crippen LogP contribution is 2.21. The molecule has 14 heavy (non-hydrogen) atoms. The van der Waals surface area contributed by atoms with Crippen LogP contribution in [0.5, 0.6) is 0 Å². The number of nitrogens with zero attached hydrogens (tertiary/aromatic N) is 2. The van der Waals surface area contributed by atoms with Crippen LogP contribution in [0.25, 0.3) is 0 Å². The molecule has 0 saturated heterocycles. The van der Waals surface area contributed by atoms with Gasteiger partial charge in [-0.25, -0.2) is 8.78 Å². The molecule has 1 unspecified atom stereocenters. The third-order valence-electron chi connectivity index (χ3n) is 2.17. The number of aromatic nitrogens is 2. The zero-order valence-electron chi connectivity index (χ0n) is 8.46.